The Bertz CT molecular complexity index is 425. The van der Waals surface area contributed by atoms with Crippen LogP contribution >= 0.6 is 11.6 Å². The SMILES string of the molecule is O=C(NC(CCO)C(=O)O)c1ccncc1Cl. The van der Waals surface area contributed by atoms with Gasteiger partial charge in [-0.2, -0.15) is 0 Å². The average molecular weight is 259 g/mol. The maximum Gasteiger partial charge on any atom is 0.326 e. The van der Waals surface area contributed by atoms with Crippen LogP contribution in [0.25, 0.3) is 0 Å². The third-order valence-electron chi connectivity index (χ3n) is 2.04. The summed E-state index contributed by atoms with van der Waals surface area (Å²) in [4.78, 5) is 26.2. The van der Waals surface area contributed by atoms with Gasteiger partial charge in [-0.25, -0.2) is 4.79 Å². The Kier molecular flexibility index (Phi) is 4.86. The van der Waals surface area contributed by atoms with E-state index in [1.165, 1.54) is 18.5 Å². The van der Waals surface area contributed by atoms with Crippen LogP contribution in [-0.2, 0) is 4.79 Å². The maximum atomic E-state index is 11.7. The number of hydrogen-bond acceptors (Lipinski definition) is 4. The Morgan fingerprint density at radius 1 is 1.53 bits per heavy atom. The lowest BCUT2D eigenvalue weighted by Gasteiger charge is -2.13. The highest BCUT2D eigenvalue weighted by Crippen LogP contribution is 2.13. The molecule has 0 aliphatic carbocycles. The Balaban J connectivity index is 2.77. The van der Waals surface area contributed by atoms with Crippen molar-refractivity contribution in [1.29, 1.82) is 0 Å². The highest BCUT2D eigenvalue weighted by Gasteiger charge is 2.21. The number of carbonyl (C=O) groups excluding carboxylic acids is 1. The van der Waals surface area contributed by atoms with Crippen LogP contribution in [0.2, 0.25) is 5.02 Å². The van der Waals surface area contributed by atoms with Crippen molar-refractivity contribution in [2.45, 2.75) is 12.5 Å². The number of aliphatic carboxylic acids is 1. The van der Waals surface area contributed by atoms with E-state index in [0.717, 1.165) is 0 Å². The number of hydrogen-bond donors (Lipinski definition) is 3. The number of aliphatic hydroxyl groups excluding tert-OH is 1. The predicted molar refractivity (Wildman–Crippen MR) is 59.8 cm³/mol. The molecule has 1 aromatic heterocycles. The van der Waals surface area contributed by atoms with Crippen LogP contribution in [0, 0.1) is 0 Å². The van der Waals surface area contributed by atoms with Gasteiger partial charge in [0.05, 0.1) is 10.6 Å². The molecule has 0 spiro atoms. The topological polar surface area (TPSA) is 99.5 Å². The average Bonchev–Trinajstić information content (AvgIpc) is 2.28. The lowest BCUT2D eigenvalue weighted by Crippen LogP contribution is -2.41. The van der Waals surface area contributed by atoms with E-state index < -0.39 is 17.9 Å². The van der Waals surface area contributed by atoms with Crippen molar-refractivity contribution < 1.29 is 19.8 Å². The monoisotopic (exact) mass is 258 g/mol. The Hall–Kier alpha value is -1.66. The first-order valence-electron chi connectivity index (χ1n) is 4.80. The molecule has 6 nitrogen and oxygen atoms in total. The number of amides is 1. The standard InChI is InChI=1S/C10H11ClN2O4/c11-7-5-12-3-1-6(7)9(15)13-8(2-4-14)10(16)17/h1,3,5,8,14H,2,4H2,(H,13,15)(H,16,17). The number of carbonyl (C=O) groups is 2. The fourth-order valence-corrected chi connectivity index (χ4v) is 1.39. The number of aliphatic hydroxyl groups is 1. The summed E-state index contributed by atoms with van der Waals surface area (Å²) in [5, 5.41) is 19.9. The largest absolute Gasteiger partial charge is 0.480 e. The van der Waals surface area contributed by atoms with Gasteiger partial charge in [0, 0.05) is 25.4 Å². The van der Waals surface area contributed by atoms with Gasteiger partial charge in [-0.15, -0.1) is 0 Å². The summed E-state index contributed by atoms with van der Waals surface area (Å²) in [5.74, 6) is -1.82. The van der Waals surface area contributed by atoms with Gasteiger partial charge in [0.25, 0.3) is 5.91 Å². The predicted octanol–water partition coefficient (Wildman–Crippen LogP) is 0.300. The minimum atomic E-state index is -1.21. The molecule has 0 aliphatic rings. The molecule has 1 atom stereocenters. The molecular formula is C10H11ClN2O4. The second-order valence-electron chi connectivity index (χ2n) is 3.23. The van der Waals surface area contributed by atoms with Crippen LogP contribution in [0.3, 0.4) is 0 Å². The molecule has 0 fully saturated rings. The second-order valence-corrected chi connectivity index (χ2v) is 3.64. The van der Waals surface area contributed by atoms with Crippen LogP contribution in [-0.4, -0.2) is 39.7 Å². The highest BCUT2D eigenvalue weighted by molar-refractivity contribution is 6.33. The van der Waals surface area contributed by atoms with Crippen molar-refractivity contribution >= 4 is 23.5 Å². The van der Waals surface area contributed by atoms with E-state index in [-0.39, 0.29) is 23.6 Å². The zero-order valence-electron chi connectivity index (χ0n) is 8.76. The number of carboxylic acid groups (broad SMARTS) is 1. The zero-order chi connectivity index (χ0) is 12.8. The number of carboxylic acids is 1. The molecule has 1 amide bonds. The number of aromatic nitrogens is 1. The first-order chi connectivity index (χ1) is 8.06. The third kappa shape index (κ3) is 3.69. The van der Waals surface area contributed by atoms with Gasteiger partial charge in [0.2, 0.25) is 0 Å². The molecule has 7 heteroatoms. The van der Waals surface area contributed by atoms with Crippen molar-refractivity contribution in [3.63, 3.8) is 0 Å². The lowest BCUT2D eigenvalue weighted by atomic mass is 10.2. The molecule has 1 heterocycles. The zero-order valence-corrected chi connectivity index (χ0v) is 9.52. The van der Waals surface area contributed by atoms with E-state index in [2.05, 4.69) is 10.3 Å². The summed E-state index contributed by atoms with van der Waals surface area (Å²) < 4.78 is 0. The molecule has 1 aromatic rings. The molecule has 1 unspecified atom stereocenters. The quantitative estimate of drug-likeness (QED) is 0.705. The van der Waals surface area contributed by atoms with Gasteiger partial charge < -0.3 is 15.5 Å². The molecule has 0 aliphatic heterocycles. The van der Waals surface area contributed by atoms with Gasteiger partial charge in [-0.05, 0) is 6.07 Å². The van der Waals surface area contributed by atoms with Gasteiger partial charge in [0.1, 0.15) is 6.04 Å². The summed E-state index contributed by atoms with van der Waals surface area (Å²) in [6.45, 7) is -0.332. The van der Waals surface area contributed by atoms with Crippen LogP contribution < -0.4 is 5.32 Å². The van der Waals surface area contributed by atoms with Crippen LogP contribution in [0.4, 0.5) is 0 Å². The molecular weight excluding hydrogens is 248 g/mol. The van der Waals surface area contributed by atoms with Gasteiger partial charge >= 0.3 is 5.97 Å². The molecule has 0 saturated carbocycles. The second kappa shape index (κ2) is 6.17. The number of nitrogens with one attached hydrogen (secondary N) is 1. The van der Waals surface area contributed by atoms with E-state index in [4.69, 9.17) is 21.8 Å². The van der Waals surface area contributed by atoms with E-state index in [9.17, 15) is 9.59 Å². The molecule has 3 N–H and O–H groups in total. The minimum absolute atomic E-state index is 0.0657. The Morgan fingerprint density at radius 3 is 2.76 bits per heavy atom. The van der Waals surface area contributed by atoms with Gasteiger partial charge in [-0.3, -0.25) is 9.78 Å². The normalized spacial score (nSPS) is 11.9. The summed E-state index contributed by atoms with van der Waals surface area (Å²) in [5.41, 5.74) is 0.144. The maximum absolute atomic E-state index is 11.7. The van der Waals surface area contributed by atoms with Crippen molar-refractivity contribution in [2.24, 2.45) is 0 Å². The number of rotatable bonds is 5. The van der Waals surface area contributed by atoms with E-state index >= 15 is 0 Å². The van der Waals surface area contributed by atoms with Crippen molar-refractivity contribution in [2.75, 3.05) is 6.61 Å². The fraction of sp³-hybridized carbons (Fsp3) is 0.300. The summed E-state index contributed by atoms with van der Waals surface area (Å²) in [6, 6.07) is 0.243. The van der Waals surface area contributed by atoms with E-state index in [0.29, 0.717) is 0 Å². The van der Waals surface area contributed by atoms with Crippen molar-refractivity contribution in [3.8, 4) is 0 Å². The lowest BCUT2D eigenvalue weighted by molar-refractivity contribution is -0.139. The fourth-order valence-electron chi connectivity index (χ4n) is 1.18. The minimum Gasteiger partial charge on any atom is -0.480 e. The first-order valence-corrected chi connectivity index (χ1v) is 5.18. The van der Waals surface area contributed by atoms with Gasteiger partial charge in [0.15, 0.2) is 0 Å². The van der Waals surface area contributed by atoms with Gasteiger partial charge in [-0.1, -0.05) is 11.6 Å². The smallest absolute Gasteiger partial charge is 0.326 e. The third-order valence-corrected chi connectivity index (χ3v) is 2.34. The Morgan fingerprint density at radius 2 is 2.24 bits per heavy atom. The first kappa shape index (κ1) is 13.4. The number of nitrogens with zero attached hydrogens (tertiary/aromatic N) is 1. The van der Waals surface area contributed by atoms with Crippen molar-refractivity contribution in [3.05, 3.63) is 29.0 Å². The van der Waals surface area contributed by atoms with E-state index in [1.807, 2.05) is 0 Å². The molecule has 17 heavy (non-hydrogen) atoms. The van der Waals surface area contributed by atoms with Crippen LogP contribution in [0.15, 0.2) is 18.5 Å². The highest BCUT2D eigenvalue weighted by atomic mass is 35.5. The number of pyridine rings is 1. The molecule has 0 saturated heterocycles. The van der Waals surface area contributed by atoms with Crippen LogP contribution in [0.1, 0.15) is 16.8 Å². The number of halogens is 1. The molecule has 0 radical (unpaired) electrons. The van der Waals surface area contributed by atoms with Crippen LogP contribution in [0.5, 0.6) is 0 Å². The molecule has 0 bridgehead atoms. The summed E-state index contributed by atoms with van der Waals surface area (Å²) in [7, 11) is 0. The summed E-state index contributed by atoms with van der Waals surface area (Å²) in [6.07, 6.45) is 2.60. The Labute approximate surface area is 102 Å². The van der Waals surface area contributed by atoms with E-state index in [1.54, 1.807) is 0 Å². The van der Waals surface area contributed by atoms with Crippen molar-refractivity contribution in [1.82, 2.24) is 10.3 Å². The molecule has 0 aromatic carbocycles. The molecule has 92 valence electrons. The molecule has 1 rings (SSSR count). The summed E-state index contributed by atoms with van der Waals surface area (Å²) >= 11 is 5.74.